The van der Waals surface area contributed by atoms with E-state index in [-0.39, 0.29) is 17.3 Å². The maximum absolute atomic E-state index is 12.1. The molecule has 0 spiro atoms. The summed E-state index contributed by atoms with van der Waals surface area (Å²) in [5, 5.41) is 8.80. The van der Waals surface area contributed by atoms with Gasteiger partial charge in [-0.1, -0.05) is 22.0 Å². The van der Waals surface area contributed by atoms with Crippen LogP contribution >= 0.6 is 15.9 Å². The van der Waals surface area contributed by atoms with Gasteiger partial charge in [-0.05, 0) is 42.5 Å². The Balaban J connectivity index is 2.01. The Morgan fingerprint density at radius 2 is 1.86 bits per heavy atom. The van der Waals surface area contributed by atoms with Gasteiger partial charge in [0.05, 0.1) is 22.3 Å². The molecular weight excluding hydrogens is 354 g/mol. The molecule has 0 aromatic heterocycles. The molecule has 0 aliphatic heterocycles. The van der Waals surface area contributed by atoms with Crippen LogP contribution in [0.4, 0.5) is 0 Å². The number of nitrogens with zero attached hydrogens (tertiary/aromatic N) is 1. The fourth-order valence-electron chi connectivity index (χ4n) is 1.68. The highest BCUT2D eigenvalue weighted by Crippen LogP contribution is 2.17. The van der Waals surface area contributed by atoms with E-state index in [1.807, 2.05) is 18.2 Å². The van der Waals surface area contributed by atoms with Gasteiger partial charge in [0, 0.05) is 4.47 Å². The van der Waals surface area contributed by atoms with E-state index in [4.69, 9.17) is 10.00 Å². The highest BCUT2D eigenvalue weighted by molar-refractivity contribution is 9.10. The average molecular weight is 366 g/mol. The zero-order chi connectivity index (χ0) is 15.3. The Kier molecular flexibility index (Phi) is 4.99. The van der Waals surface area contributed by atoms with Gasteiger partial charge in [0.1, 0.15) is 12.4 Å². The Morgan fingerprint density at radius 3 is 2.52 bits per heavy atom. The molecule has 4 nitrogen and oxygen atoms in total. The van der Waals surface area contributed by atoms with Gasteiger partial charge < -0.3 is 4.74 Å². The largest absolute Gasteiger partial charge is 0.493 e. The summed E-state index contributed by atoms with van der Waals surface area (Å²) in [5.41, 5.74) is 0.324. The molecule has 0 heterocycles. The standard InChI is InChI=1S/C15H12BrNO3S/c16-13-4-6-14(7-5-13)20-8-9-21(18,19)15-3-1-2-12(10-15)11-17/h1-7,10H,8-9H2. The quantitative estimate of drug-likeness (QED) is 0.815. The van der Waals surface area contributed by atoms with Crippen LogP contribution in [0.2, 0.25) is 0 Å². The van der Waals surface area contributed by atoms with Gasteiger partial charge in [0.25, 0.3) is 0 Å². The van der Waals surface area contributed by atoms with E-state index in [0.717, 1.165) is 4.47 Å². The first-order valence-electron chi connectivity index (χ1n) is 6.12. The highest BCUT2D eigenvalue weighted by atomic mass is 79.9. The molecular formula is C15H12BrNO3S. The van der Waals surface area contributed by atoms with E-state index in [1.54, 1.807) is 24.3 Å². The van der Waals surface area contributed by atoms with Gasteiger partial charge in [-0.2, -0.15) is 5.26 Å². The first-order chi connectivity index (χ1) is 10.0. The molecule has 6 heteroatoms. The molecule has 108 valence electrons. The lowest BCUT2D eigenvalue weighted by Gasteiger charge is -2.07. The number of sulfone groups is 1. The van der Waals surface area contributed by atoms with E-state index in [1.165, 1.54) is 12.1 Å². The summed E-state index contributed by atoms with van der Waals surface area (Å²) in [6.07, 6.45) is 0. The molecule has 0 aliphatic rings. The zero-order valence-corrected chi connectivity index (χ0v) is 13.4. The summed E-state index contributed by atoms with van der Waals surface area (Å²) in [6.45, 7) is 0.0563. The summed E-state index contributed by atoms with van der Waals surface area (Å²) < 4.78 is 30.6. The molecule has 0 unspecified atom stereocenters. The minimum Gasteiger partial charge on any atom is -0.493 e. The van der Waals surface area contributed by atoms with Gasteiger partial charge in [0.15, 0.2) is 9.84 Å². The Morgan fingerprint density at radius 1 is 1.14 bits per heavy atom. The van der Waals surface area contributed by atoms with Crippen LogP contribution in [0.5, 0.6) is 5.75 Å². The van der Waals surface area contributed by atoms with Crippen molar-refractivity contribution in [2.45, 2.75) is 4.90 Å². The van der Waals surface area contributed by atoms with Crippen molar-refractivity contribution in [1.29, 1.82) is 5.26 Å². The summed E-state index contributed by atoms with van der Waals surface area (Å²) in [5.74, 6) is 0.469. The monoisotopic (exact) mass is 365 g/mol. The SMILES string of the molecule is N#Cc1cccc(S(=O)(=O)CCOc2ccc(Br)cc2)c1. The van der Waals surface area contributed by atoms with E-state index in [2.05, 4.69) is 15.9 Å². The fraction of sp³-hybridized carbons (Fsp3) is 0.133. The number of benzene rings is 2. The first kappa shape index (κ1) is 15.5. The predicted octanol–water partition coefficient (Wildman–Crippen LogP) is 3.17. The summed E-state index contributed by atoms with van der Waals surface area (Å²) in [6, 6.07) is 15.1. The van der Waals surface area contributed by atoms with Gasteiger partial charge in [-0.3, -0.25) is 0 Å². The highest BCUT2D eigenvalue weighted by Gasteiger charge is 2.15. The van der Waals surface area contributed by atoms with Crippen molar-refractivity contribution in [3.63, 3.8) is 0 Å². The van der Waals surface area contributed by atoms with Crippen molar-refractivity contribution in [1.82, 2.24) is 0 Å². The lowest BCUT2D eigenvalue weighted by atomic mass is 10.2. The minimum absolute atomic E-state index is 0.0563. The van der Waals surface area contributed by atoms with Crippen molar-refractivity contribution in [3.05, 3.63) is 58.6 Å². The Bertz CT molecular complexity index is 764. The van der Waals surface area contributed by atoms with Gasteiger partial charge >= 0.3 is 0 Å². The summed E-state index contributed by atoms with van der Waals surface area (Å²) in [7, 11) is -3.46. The normalized spacial score (nSPS) is 10.9. The van der Waals surface area contributed by atoms with E-state index in [0.29, 0.717) is 11.3 Å². The van der Waals surface area contributed by atoms with Crippen molar-refractivity contribution >= 4 is 25.8 Å². The van der Waals surface area contributed by atoms with E-state index < -0.39 is 9.84 Å². The number of halogens is 1. The van der Waals surface area contributed by atoms with E-state index >= 15 is 0 Å². The van der Waals surface area contributed by atoms with Crippen LogP contribution < -0.4 is 4.74 Å². The molecule has 0 radical (unpaired) electrons. The molecule has 0 fully saturated rings. The second kappa shape index (κ2) is 6.74. The minimum atomic E-state index is -3.46. The molecule has 2 rings (SSSR count). The molecule has 21 heavy (non-hydrogen) atoms. The molecule has 0 amide bonds. The lowest BCUT2D eigenvalue weighted by Crippen LogP contribution is -2.14. The van der Waals surface area contributed by atoms with Crippen LogP contribution in [-0.2, 0) is 9.84 Å². The van der Waals surface area contributed by atoms with Crippen LogP contribution in [0.25, 0.3) is 0 Å². The second-order valence-electron chi connectivity index (χ2n) is 4.26. The third-order valence-electron chi connectivity index (χ3n) is 2.76. The smallest absolute Gasteiger partial charge is 0.181 e. The lowest BCUT2D eigenvalue weighted by molar-refractivity contribution is 0.341. The molecule has 0 saturated heterocycles. The molecule has 0 N–H and O–H groups in total. The molecule has 2 aromatic carbocycles. The molecule has 0 bridgehead atoms. The third-order valence-corrected chi connectivity index (χ3v) is 4.96. The first-order valence-corrected chi connectivity index (χ1v) is 8.57. The Labute approximate surface area is 132 Å². The fourth-order valence-corrected chi connectivity index (χ4v) is 3.07. The van der Waals surface area contributed by atoms with Crippen LogP contribution in [-0.4, -0.2) is 20.8 Å². The summed E-state index contributed by atoms with van der Waals surface area (Å²) in [4.78, 5) is 0.140. The second-order valence-corrected chi connectivity index (χ2v) is 7.29. The maximum Gasteiger partial charge on any atom is 0.181 e. The zero-order valence-electron chi connectivity index (χ0n) is 11.0. The molecule has 0 aliphatic carbocycles. The molecule has 2 aromatic rings. The molecule has 0 saturated carbocycles. The number of nitriles is 1. The van der Waals surface area contributed by atoms with Crippen molar-refractivity contribution in [3.8, 4) is 11.8 Å². The Hall–Kier alpha value is -1.84. The van der Waals surface area contributed by atoms with Crippen LogP contribution in [0, 0.1) is 11.3 Å². The average Bonchev–Trinajstić information content (AvgIpc) is 2.49. The summed E-state index contributed by atoms with van der Waals surface area (Å²) >= 11 is 3.31. The van der Waals surface area contributed by atoms with Crippen molar-refractivity contribution < 1.29 is 13.2 Å². The van der Waals surface area contributed by atoms with E-state index in [9.17, 15) is 8.42 Å². The number of hydrogen-bond acceptors (Lipinski definition) is 4. The van der Waals surface area contributed by atoms with Gasteiger partial charge in [0.2, 0.25) is 0 Å². The number of hydrogen-bond donors (Lipinski definition) is 0. The maximum atomic E-state index is 12.1. The van der Waals surface area contributed by atoms with Gasteiger partial charge in [-0.15, -0.1) is 0 Å². The number of rotatable bonds is 5. The predicted molar refractivity (Wildman–Crippen MR) is 82.8 cm³/mol. The van der Waals surface area contributed by atoms with Gasteiger partial charge in [-0.25, -0.2) is 8.42 Å². The molecule has 0 atom stereocenters. The van der Waals surface area contributed by atoms with Crippen LogP contribution in [0.3, 0.4) is 0 Å². The van der Waals surface area contributed by atoms with Crippen molar-refractivity contribution in [2.24, 2.45) is 0 Å². The number of ether oxygens (including phenoxy) is 1. The van der Waals surface area contributed by atoms with Crippen molar-refractivity contribution in [2.75, 3.05) is 12.4 Å². The van der Waals surface area contributed by atoms with Crippen LogP contribution in [0.15, 0.2) is 57.9 Å². The third kappa shape index (κ3) is 4.31. The topological polar surface area (TPSA) is 67.2 Å². The van der Waals surface area contributed by atoms with Crippen LogP contribution in [0.1, 0.15) is 5.56 Å².